The summed E-state index contributed by atoms with van der Waals surface area (Å²) >= 11 is 0. The van der Waals surface area contributed by atoms with Gasteiger partial charge in [0, 0.05) is 26.2 Å². The van der Waals surface area contributed by atoms with Gasteiger partial charge in [0.15, 0.2) is 0 Å². The zero-order valence-electron chi connectivity index (χ0n) is 12.5. The molecule has 0 aromatic rings. The summed E-state index contributed by atoms with van der Waals surface area (Å²) in [5.41, 5.74) is 0. The van der Waals surface area contributed by atoms with E-state index in [4.69, 9.17) is 14.6 Å². The lowest BCUT2D eigenvalue weighted by Gasteiger charge is -2.38. The van der Waals surface area contributed by atoms with Crippen molar-refractivity contribution in [1.29, 1.82) is 0 Å². The van der Waals surface area contributed by atoms with Gasteiger partial charge in [-0.15, -0.1) is 0 Å². The van der Waals surface area contributed by atoms with E-state index >= 15 is 0 Å². The quantitative estimate of drug-likeness (QED) is 0.830. The third-order valence-corrected chi connectivity index (χ3v) is 3.89. The Bertz CT molecular complexity index is 368. The van der Waals surface area contributed by atoms with Gasteiger partial charge < -0.3 is 24.4 Å². The molecule has 1 unspecified atom stereocenters. The number of aliphatic carboxylic acids is 1. The van der Waals surface area contributed by atoms with Gasteiger partial charge in [-0.05, 0) is 19.8 Å². The van der Waals surface area contributed by atoms with Crippen molar-refractivity contribution in [2.75, 3.05) is 39.4 Å². The van der Waals surface area contributed by atoms with E-state index in [0.29, 0.717) is 32.8 Å². The molecule has 2 saturated heterocycles. The molecule has 7 nitrogen and oxygen atoms in total. The van der Waals surface area contributed by atoms with Crippen molar-refractivity contribution in [3.63, 3.8) is 0 Å². The van der Waals surface area contributed by atoms with Crippen LogP contribution in [0.4, 0.5) is 4.79 Å². The van der Waals surface area contributed by atoms with Gasteiger partial charge in [0.2, 0.25) is 0 Å². The lowest BCUT2D eigenvalue weighted by molar-refractivity contribution is -0.138. The third kappa shape index (κ3) is 4.86. The highest BCUT2D eigenvalue weighted by Crippen LogP contribution is 2.17. The first-order chi connectivity index (χ1) is 10.1. The minimum absolute atomic E-state index is 0.0326. The van der Waals surface area contributed by atoms with Crippen LogP contribution in [0.3, 0.4) is 0 Å². The molecule has 2 amide bonds. The number of carboxylic acid groups (broad SMARTS) is 1. The predicted molar refractivity (Wildman–Crippen MR) is 75.2 cm³/mol. The number of carbonyl (C=O) groups excluding carboxylic acids is 1. The molecule has 0 aromatic heterocycles. The maximum absolute atomic E-state index is 12.4. The molecule has 0 spiro atoms. The van der Waals surface area contributed by atoms with Crippen LogP contribution in [0, 0.1) is 0 Å². The van der Waals surface area contributed by atoms with Crippen molar-refractivity contribution < 1.29 is 24.2 Å². The molecular formula is C14H24N2O5. The Labute approximate surface area is 124 Å². The van der Waals surface area contributed by atoms with E-state index in [2.05, 4.69) is 0 Å². The molecule has 0 saturated carbocycles. The fraction of sp³-hybridized carbons (Fsp3) is 0.857. The summed E-state index contributed by atoms with van der Waals surface area (Å²) in [6, 6.07) is 0.0779. The largest absolute Gasteiger partial charge is 0.481 e. The monoisotopic (exact) mass is 300 g/mol. The Morgan fingerprint density at radius 1 is 1.24 bits per heavy atom. The molecule has 0 bridgehead atoms. The van der Waals surface area contributed by atoms with Gasteiger partial charge in [-0.3, -0.25) is 4.79 Å². The molecule has 0 radical (unpaired) electrons. The number of nitrogens with zero attached hydrogens (tertiary/aromatic N) is 2. The lowest BCUT2D eigenvalue weighted by atomic mass is 10.1. The summed E-state index contributed by atoms with van der Waals surface area (Å²) in [5, 5.41) is 8.57. The number of ether oxygens (including phenoxy) is 2. The van der Waals surface area contributed by atoms with Crippen LogP contribution in [0.5, 0.6) is 0 Å². The van der Waals surface area contributed by atoms with Crippen molar-refractivity contribution in [2.45, 2.75) is 38.4 Å². The van der Waals surface area contributed by atoms with E-state index in [1.54, 1.807) is 0 Å². The second-order valence-electron chi connectivity index (χ2n) is 5.61. The molecule has 2 fully saturated rings. The summed E-state index contributed by atoms with van der Waals surface area (Å²) in [5.74, 6) is -0.843. The number of carbonyl (C=O) groups is 2. The first-order valence-electron chi connectivity index (χ1n) is 7.55. The minimum atomic E-state index is -0.843. The number of hydrogen-bond donors (Lipinski definition) is 1. The van der Waals surface area contributed by atoms with Crippen molar-refractivity contribution in [3.05, 3.63) is 0 Å². The van der Waals surface area contributed by atoms with E-state index in [0.717, 1.165) is 12.8 Å². The maximum Gasteiger partial charge on any atom is 0.320 e. The fourth-order valence-electron chi connectivity index (χ4n) is 2.72. The van der Waals surface area contributed by atoms with Gasteiger partial charge in [0.25, 0.3) is 0 Å². The Balaban J connectivity index is 1.70. The van der Waals surface area contributed by atoms with Crippen LogP contribution in [0.2, 0.25) is 0 Å². The number of carboxylic acids is 1. The lowest BCUT2D eigenvalue weighted by Crippen LogP contribution is -2.52. The zero-order chi connectivity index (χ0) is 15.2. The number of piperidine rings is 1. The first kappa shape index (κ1) is 16.0. The number of hydrogen-bond acceptors (Lipinski definition) is 4. The molecule has 0 aliphatic carbocycles. The maximum atomic E-state index is 12.4. The molecule has 2 heterocycles. The number of rotatable bonds is 4. The van der Waals surface area contributed by atoms with Gasteiger partial charge in [0.1, 0.15) is 0 Å². The second-order valence-corrected chi connectivity index (χ2v) is 5.61. The van der Waals surface area contributed by atoms with Gasteiger partial charge in [0.05, 0.1) is 31.8 Å². The average Bonchev–Trinajstić information content (AvgIpc) is 2.47. The smallest absolute Gasteiger partial charge is 0.320 e. The van der Waals surface area contributed by atoms with Gasteiger partial charge in [-0.25, -0.2) is 4.79 Å². The van der Waals surface area contributed by atoms with Crippen LogP contribution in [0.1, 0.15) is 26.2 Å². The number of amides is 2. The molecule has 0 aromatic carbocycles. The Morgan fingerprint density at radius 2 is 1.95 bits per heavy atom. The highest BCUT2D eigenvalue weighted by molar-refractivity contribution is 5.74. The highest BCUT2D eigenvalue weighted by atomic mass is 16.5. The average molecular weight is 300 g/mol. The fourth-order valence-corrected chi connectivity index (χ4v) is 2.72. The standard InChI is InChI=1S/C14H24N2O5/c1-11-10-16(7-9-20-11)14(19)15-5-2-12(3-6-15)21-8-4-13(17)18/h11-12H,2-10H2,1H3,(H,17,18). The second kappa shape index (κ2) is 7.61. The van der Waals surface area contributed by atoms with Crippen LogP contribution in [0.15, 0.2) is 0 Å². The Kier molecular flexibility index (Phi) is 5.81. The van der Waals surface area contributed by atoms with E-state index in [9.17, 15) is 9.59 Å². The van der Waals surface area contributed by atoms with Crippen LogP contribution in [-0.2, 0) is 14.3 Å². The molecule has 7 heteroatoms. The SMILES string of the molecule is CC1CN(C(=O)N2CCC(OCCC(=O)O)CC2)CCO1. The normalized spacial score (nSPS) is 24.1. The van der Waals surface area contributed by atoms with Crippen molar-refractivity contribution in [3.8, 4) is 0 Å². The van der Waals surface area contributed by atoms with Gasteiger partial charge >= 0.3 is 12.0 Å². The molecule has 21 heavy (non-hydrogen) atoms. The van der Waals surface area contributed by atoms with E-state index in [-0.39, 0.29) is 31.3 Å². The van der Waals surface area contributed by atoms with E-state index in [1.165, 1.54) is 0 Å². The summed E-state index contributed by atoms with van der Waals surface area (Å²) in [4.78, 5) is 26.5. The molecular weight excluding hydrogens is 276 g/mol. The van der Waals surface area contributed by atoms with Crippen LogP contribution in [-0.4, -0.2) is 78.5 Å². The van der Waals surface area contributed by atoms with Crippen molar-refractivity contribution in [1.82, 2.24) is 9.80 Å². The van der Waals surface area contributed by atoms with Gasteiger partial charge in [-0.1, -0.05) is 0 Å². The third-order valence-electron chi connectivity index (χ3n) is 3.89. The molecule has 2 aliphatic heterocycles. The van der Waals surface area contributed by atoms with Crippen molar-refractivity contribution >= 4 is 12.0 Å². The van der Waals surface area contributed by atoms with Gasteiger partial charge in [-0.2, -0.15) is 0 Å². The Morgan fingerprint density at radius 3 is 2.57 bits per heavy atom. The summed E-state index contributed by atoms with van der Waals surface area (Å²) in [6.07, 6.45) is 1.73. The minimum Gasteiger partial charge on any atom is -0.481 e. The molecule has 2 rings (SSSR count). The highest BCUT2D eigenvalue weighted by Gasteiger charge is 2.29. The number of likely N-dealkylation sites (tertiary alicyclic amines) is 1. The van der Waals surface area contributed by atoms with E-state index < -0.39 is 5.97 Å². The summed E-state index contributed by atoms with van der Waals surface area (Å²) in [7, 11) is 0. The summed E-state index contributed by atoms with van der Waals surface area (Å²) < 4.78 is 11.0. The molecule has 1 N–H and O–H groups in total. The number of morpholine rings is 1. The molecule has 1 atom stereocenters. The molecule has 2 aliphatic rings. The first-order valence-corrected chi connectivity index (χ1v) is 7.55. The van der Waals surface area contributed by atoms with Crippen LogP contribution >= 0.6 is 0 Å². The zero-order valence-corrected chi connectivity index (χ0v) is 12.5. The van der Waals surface area contributed by atoms with E-state index in [1.807, 2.05) is 16.7 Å². The molecule has 120 valence electrons. The number of urea groups is 1. The predicted octanol–water partition coefficient (Wildman–Crippen LogP) is 0.783. The van der Waals surface area contributed by atoms with Crippen LogP contribution in [0.25, 0.3) is 0 Å². The topological polar surface area (TPSA) is 79.3 Å². The Hall–Kier alpha value is -1.34. The summed E-state index contributed by atoms with van der Waals surface area (Å²) in [6.45, 7) is 5.45. The van der Waals surface area contributed by atoms with Crippen molar-refractivity contribution in [2.24, 2.45) is 0 Å². The van der Waals surface area contributed by atoms with Crippen LogP contribution < -0.4 is 0 Å².